The van der Waals surface area contributed by atoms with Gasteiger partial charge in [-0.25, -0.2) is 0 Å². The van der Waals surface area contributed by atoms with Gasteiger partial charge in [-0.15, -0.1) is 0 Å². The van der Waals surface area contributed by atoms with Gasteiger partial charge in [-0.05, 0) is 352 Å². The number of furan rings is 2. The first-order valence-corrected chi connectivity index (χ1v) is 51.7. The van der Waals surface area contributed by atoms with E-state index in [1.165, 1.54) is 156 Å². The maximum absolute atomic E-state index is 6.80. The third kappa shape index (κ3) is 14.1. The minimum absolute atomic E-state index is 0.0191. The van der Waals surface area contributed by atoms with Gasteiger partial charge in [0.25, 0.3) is 0 Å². The van der Waals surface area contributed by atoms with Crippen LogP contribution in [0.5, 0.6) is 0 Å². The van der Waals surface area contributed by atoms with Crippen molar-refractivity contribution in [3.8, 4) is 122 Å². The highest BCUT2D eigenvalue weighted by atomic mass is 16.3. The van der Waals surface area contributed by atoms with Gasteiger partial charge >= 0.3 is 0 Å². The van der Waals surface area contributed by atoms with Gasteiger partial charge in [-0.1, -0.05) is 401 Å². The van der Waals surface area contributed by atoms with Crippen LogP contribution in [0.3, 0.4) is 0 Å². The lowest BCUT2D eigenvalue weighted by molar-refractivity contribution is 0.225. The lowest BCUT2D eigenvalue weighted by atomic mass is 9.65. The smallest absolute Gasteiger partial charge is 0.135 e. The SMILES string of the molecule is CC(C)CC(C)(Cc1ccc2oc3ccc(-c4ccc(N(c5ccc(-c6ccc7oc8ccccc8c7c6)cc5)c5ccc6c(c5)C5(c7ccccc7-c7ccc(-c8ccc(C(C)(C)C(C)(C)C)cc8)cc75)c5ccccc5-6)cc4)cc3c2c1)c1ccc(-c2ccc3c(c2)C2(c4ccccc4-c4ccc(-c5ccc(N(c6ccc(-c7ccccc7)cc6)c6ccc(-c7ccccc7)cc6)cc5)cc42)c2ccccc2-3)cc1. The third-order valence-corrected chi connectivity index (χ3v) is 33.4. The molecule has 0 saturated heterocycles. The molecule has 4 heteroatoms. The molecule has 4 aliphatic rings. The molecule has 23 aromatic rings. The Bertz CT molecular complexity index is 9000. The van der Waals surface area contributed by atoms with Crippen molar-refractivity contribution >= 4 is 78.0 Å². The summed E-state index contributed by atoms with van der Waals surface area (Å²) in [6, 6.07) is 180. The van der Waals surface area contributed by atoms with Gasteiger partial charge in [0.2, 0.25) is 0 Å². The highest BCUT2D eigenvalue weighted by Crippen LogP contribution is 2.67. The number of anilines is 6. The summed E-state index contributed by atoms with van der Waals surface area (Å²) in [5, 5.41) is 4.46. The minimum Gasteiger partial charge on any atom is -0.456 e. The molecule has 2 aromatic heterocycles. The molecule has 0 amide bonds. The minimum atomic E-state index is -0.606. The van der Waals surface area contributed by atoms with Gasteiger partial charge in [0.15, 0.2) is 0 Å². The second-order valence-electron chi connectivity index (χ2n) is 43.1. The zero-order valence-electron chi connectivity index (χ0n) is 83.3. The zero-order chi connectivity index (χ0) is 98.1. The van der Waals surface area contributed by atoms with E-state index in [4.69, 9.17) is 8.83 Å². The maximum atomic E-state index is 6.80. The summed E-state index contributed by atoms with van der Waals surface area (Å²) in [4.78, 5) is 4.84. The molecule has 0 radical (unpaired) electrons. The Hall–Kier alpha value is -17.2. The third-order valence-electron chi connectivity index (χ3n) is 33.4. The Morgan fingerprint density at radius 2 is 0.479 bits per heavy atom. The van der Waals surface area contributed by atoms with Gasteiger partial charge < -0.3 is 18.6 Å². The van der Waals surface area contributed by atoms with Crippen LogP contribution in [-0.4, -0.2) is 0 Å². The fourth-order valence-corrected chi connectivity index (χ4v) is 25.4. The molecule has 0 bridgehead atoms. The Morgan fingerprint density at radius 1 is 0.212 bits per heavy atom. The predicted molar refractivity (Wildman–Crippen MR) is 610 cm³/mol. The van der Waals surface area contributed by atoms with Crippen LogP contribution in [-0.2, 0) is 28.1 Å². The van der Waals surface area contributed by atoms with Crippen LogP contribution in [0.2, 0.25) is 0 Å². The average Bonchev–Trinajstić information content (AvgIpc) is 1.51. The standard InChI is InChI=1S/C142H108N2O2/c1-90(2)88-140(8,107-61-42-97(43-62-107)104-55-74-118-114-29-15-20-34-126(114)141(130(118)84-104)127-35-21-16-30-115(127)119-76-56-105(86-131(119)141)100-52-67-110(68-53-100)143(108-63-44-94(45-64-108)92-25-11-9-12-26-92)109-65-46-95(47-66-109)93-27-13-10-14-28-93)89-91-39-78-135-123(81-91)125-83-102(58-80-137(125)146-135)99-50-71-112(72-51-99)144(111-69-48-98(49-70-111)101-57-79-136-124(82-101)122-33-19-24-38-134(122)145-136)113-73-77-121-117-32-18-23-37-129(117)142(133(121)87-113)128-36-22-17-31-116(128)120-75-54-103(85-132(120)142)96-40-59-106(60-41-96)139(6,7)138(3,4)5/h9-87,90H,88-89H2,1-8H3. The first-order chi connectivity index (χ1) is 71.4. The van der Waals surface area contributed by atoms with Crippen molar-refractivity contribution in [3.63, 3.8) is 0 Å². The van der Waals surface area contributed by atoms with E-state index in [0.29, 0.717) is 5.92 Å². The Labute approximate surface area is 854 Å². The molecule has 0 fully saturated rings. The molecule has 0 aliphatic heterocycles. The lowest BCUT2D eigenvalue weighted by Crippen LogP contribution is -2.33. The quantitative estimate of drug-likeness (QED) is 0.0808. The van der Waals surface area contributed by atoms with E-state index in [1.54, 1.807) is 0 Å². The van der Waals surface area contributed by atoms with E-state index >= 15 is 0 Å². The lowest BCUT2D eigenvalue weighted by Gasteiger charge is -2.39. The first kappa shape index (κ1) is 87.8. The van der Waals surface area contributed by atoms with Gasteiger partial charge in [0.1, 0.15) is 22.3 Å². The van der Waals surface area contributed by atoms with Crippen LogP contribution in [0.25, 0.3) is 166 Å². The number of benzene rings is 21. The van der Waals surface area contributed by atoms with Crippen LogP contribution in [0.1, 0.15) is 123 Å². The average molecular weight is 1870 g/mol. The number of hydrogen-bond acceptors (Lipinski definition) is 4. The molecule has 0 saturated carbocycles. The van der Waals surface area contributed by atoms with E-state index in [0.717, 1.165) is 119 Å². The number of fused-ring (bicyclic) bond motifs is 26. The van der Waals surface area contributed by atoms with E-state index in [-0.39, 0.29) is 16.2 Å². The second kappa shape index (κ2) is 34.0. The summed E-state index contributed by atoms with van der Waals surface area (Å²) in [6.45, 7) is 19.0. The molecule has 4 nitrogen and oxygen atoms in total. The summed E-state index contributed by atoms with van der Waals surface area (Å²) < 4.78 is 13.1. The number of rotatable bonds is 19. The van der Waals surface area contributed by atoms with Crippen LogP contribution < -0.4 is 9.80 Å². The molecule has 4 aliphatic carbocycles. The number of nitrogens with zero attached hydrogens (tertiary/aromatic N) is 2. The molecule has 2 spiro atoms. The molecule has 27 rings (SSSR count). The van der Waals surface area contributed by atoms with Crippen LogP contribution in [0.15, 0.2) is 488 Å². The van der Waals surface area contributed by atoms with Gasteiger partial charge in [-0.3, -0.25) is 0 Å². The van der Waals surface area contributed by atoms with Crippen molar-refractivity contribution in [3.05, 3.63) is 540 Å². The summed E-state index contributed by atoms with van der Waals surface area (Å²) in [7, 11) is 0. The molecule has 3 atom stereocenters. The molecule has 0 N–H and O–H groups in total. The van der Waals surface area contributed by atoms with E-state index in [2.05, 4.69) is 538 Å². The van der Waals surface area contributed by atoms with Crippen LogP contribution >= 0.6 is 0 Å². The Balaban J connectivity index is 0.503. The predicted octanol–water partition coefficient (Wildman–Crippen LogP) is 38.7. The summed E-state index contributed by atoms with van der Waals surface area (Å²) in [5.41, 5.74) is 49.8. The van der Waals surface area contributed by atoms with E-state index < -0.39 is 10.8 Å². The molecule has 146 heavy (non-hydrogen) atoms. The highest BCUT2D eigenvalue weighted by molar-refractivity contribution is 6.09. The monoisotopic (exact) mass is 1870 g/mol. The summed E-state index contributed by atoms with van der Waals surface area (Å²) in [5.74, 6) is 0.443. The van der Waals surface area contributed by atoms with Gasteiger partial charge in [0.05, 0.1) is 10.8 Å². The van der Waals surface area contributed by atoms with Crippen molar-refractivity contribution in [1.29, 1.82) is 0 Å². The first-order valence-electron chi connectivity index (χ1n) is 51.7. The molecular formula is C142H108N2O2. The topological polar surface area (TPSA) is 32.8 Å². The fourth-order valence-electron chi connectivity index (χ4n) is 25.4. The number of hydrogen-bond donors (Lipinski definition) is 0. The maximum Gasteiger partial charge on any atom is 0.135 e. The molecule has 698 valence electrons. The van der Waals surface area contributed by atoms with Crippen molar-refractivity contribution < 1.29 is 8.83 Å². The second-order valence-corrected chi connectivity index (χ2v) is 43.1. The van der Waals surface area contributed by atoms with Crippen LogP contribution in [0.4, 0.5) is 34.1 Å². The van der Waals surface area contributed by atoms with Gasteiger partial charge in [-0.2, -0.15) is 0 Å². The van der Waals surface area contributed by atoms with Gasteiger partial charge in [0, 0.05) is 55.7 Å². The Morgan fingerprint density at radius 3 is 0.870 bits per heavy atom. The van der Waals surface area contributed by atoms with E-state index in [1.807, 2.05) is 6.07 Å². The fraction of sp³-hybridized carbons (Fsp3) is 0.113. The highest BCUT2D eigenvalue weighted by Gasteiger charge is 2.54. The van der Waals surface area contributed by atoms with Crippen LogP contribution in [0, 0.1) is 11.3 Å². The van der Waals surface area contributed by atoms with Crippen molar-refractivity contribution in [2.45, 2.75) is 89.9 Å². The molecule has 3 unspecified atom stereocenters. The Kier molecular flexibility index (Phi) is 20.5. The zero-order valence-corrected chi connectivity index (χ0v) is 83.3. The van der Waals surface area contributed by atoms with Crippen molar-refractivity contribution in [2.24, 2.45) is 11.3 Å². The van der Waals surface area contributed by atoms with E-state index in [9.17, 15) is 0 Å². The molecule has 2 heterocycles. The van der Waals surface area contributed by atoms with Crippen molar-refractivity contribution in [2.75, 3.05) is 9.80 Å². The molecular weight excluding hydrogens is 1770 g/mol. The normalized spacial score (nSPS) is 14.9. The summed E-state index contributed by atoms with van der Waals surface area (Å²) in [6.07, 6.45) is 1.87. The number of para-hydroxylation sites is 1. The molecule has 21 aromatic carbocycles. The van der Waals surface area contributed by atoms with Crippen molar-refractivity contribution in [1.82, 2.24) is 0 Å². The summed E-state index contributed by atoms with van der Waals surface area (Å²) >= 11 is 0. The largest absolute Gasteiger partial charge is 0.456 e.